The maximum Gasteiger partial charge on any atom is 0.128 e. The smallest absolute Gasteiger partial charge is 0.128 e. The number of benzene rings is 1. The van der Waals surface area contributed by atoms with Crippen molar-refractivity contribution in [3.63, 3.8) is 0 Å². The number of nitrogens with zero attached hydrogens (tertiary/aromatic N) is 3. The second-order valence-electron chi connectivity index (χ2n) is 3.67. The standard InChI is InChI=1S/C11H12BrFN4/c1-14-5-10-7-17(16-15-10)6-8-4-9(12)2-3-11(8)13/h2-4,7,14H,5-6H2,1H3. The molecule has 90 valence electrons. The molecule has 0 fully saturated rings. The van der Waals surface area contributed by atoms with Gasteiger partial charge in [-0.05, 0) is 25.2 Å². The average Bonchev–Trinajstić information content (AvgIpc) is 2.72. The molecule has 0 spiro atoms. The third-order valence-corrected chi connectivity index (χ3v) is 2.78. The Hall–Kier alpha value is -1.27. The van der Waals surface area contributed by atoms with Crippen LogP contribution in [0, 0.1) is 5.82 Å². The van der Waals surface area contributed by atoms with Crippen molar-refractivity contribution in [2.75, 3.05) is 7.05 Å². The molecule has 1 N–H and O–H groups in total. The number of aromatic nitrogens is 3. The lowest BCUT2D eigenvalue weighted by Gasteiger charge is -2.03. The van der Waals surface area contributed by atoms with E-state index in [0.29, 0.717) is 18.7 Å². The number of rotatable bonds is 4. The molecule has 0 aliphatic rings. The molecule has 0 saturated heterocycles. The predicted molar refractivity (Wildman–Crippen MR) is 66.0 cm³/mol. The molecule has 4 nitrogen and oxygen atoms in total. The monoisotopic (exact) mass is 298 g/mol. The highest BCUT2D eigenvalue weighted by Gasteiger charge is 2.05. The van der Waals surface area contributed by atoms with Crippen LogP contribution in [0.1, 0.15) is 11.3 Å². The van der Waals surface area contributed by atoms with Crippen LogP contribution in [0.2, 0.25) is 0 Å². The first-order chi connectivity index (χ1) is 8.19. The molecular formula is C11H12BrFN4. The predicted octanol–water partition coefficient (Wildman–Crippen LogP) is 1.95. The Balaban J connectivity index is 2.16. The Labute approximate surface area is 107 Å². The van der Waals surface area contributed by atoms with Gasteiger partial charge in [-0.25, -0.2) is 9.07 Å². The van der Waals surface area contributed by atoms with E-state index in [-0.39, 0.29) is 5.82 Å². The Kier molecular flexibility index (Phi) is 3.86. The van der Waals surface area contributed by atoms with E-state index in [4.69, 9.17) is 0 Å². The Morgan fingerprint density at radius 2 is 2.29 bits per heavy atom. The Bertz CT molecular complexity index is 512. The molecule has 17 heavy (non-hydrogen) atoms. The summed E-state index contributed by atoms with van der Waals surface area (Å²) < 4.78 is 16.0. The molecule has 6 heteroatoms. The van der Waals surface area contributed by atoms with E-state index in [0.717, 1.165) is 10.2 Å². The highest BCUT2D eigenvalue weighted by molar-refractivity contribution is 9.10. The first-order valence-corrected chi connectivity index (χ1v) is 5.96. The molecule has 1 heterocycles. The van der Waals surface area contributed by atoms with E-state index in [2.05, 4.69) is 31.6 Å². The Morgan fingerprint density at radius 1 is 1.47 bits per heavy atom. The molecule has 0 radical (unpaired) electrons. The van der Waals surface area contributed by atoms with E-state index < -0.39 is 0 Å². The van der Waals surface area contributed by atoms with Crippen LogP contribution in [0.4, 0.5) is 4.39 Å². The van der Waals surface area contributed by atoms with Crippen molar-refractivity contribution in [3.8, 4) is 0 Å². The maximum absolute atomic E-state index is 13.5. The van der Waals surface area contributed by atoms with Crippen LogP contribution in [0.5, 0.6) is 0 Å². The van der Waals surface area contributed by atoms with Gasteiger partial charge in [0, 0.05) is 16.6 Å². The van der Waals surface area contributed by atoms with Crippen LogP contribution in [0.15, 0.2) is 28.9 Å². The number of halogens is 2. The molecule has 0 bridgehead atoms. The van der Waals surface area contributed by atoms with Crippen molar-refractivity contribution in [1.82, 2.24) is 20.3 Å². The molecule has 0 unspecified atom stereocenters. The summed E-state index contributed by atoms with van der Waals surface area (Å²) in [6.07, 6.45) is 1.80. The van der Waals surface area contributed by atoms with Gasteiger partial charge >= 0.3 is 0 Å². The van der Waals surface area contributed by atoms with Gasteiger partial charge in [-0.15, -0.1) is 5.10 Å². The van der Waals surface area contributed by atoms with E-state index in [1.807, 2.05) is 7.05 Å². The minimum atomic E-state index is -0.237. The van der Waals surface area contributed by atoms with E-state index >= 15 is 0 Å². The fraction of sp³-hybridized carbons (Fsp3) is 0.273. The lowest BCUT2D eigenvalue weighted by Crippen LogP contribution is -2.05. The zero-order valence-electron chi connectivity index (χ0n) is 9.32. The molecule has 1 aromatic heterocycles. The van der Waals surface area contributed by atoms with Gasteiger partial charge in [0.2, 0.25) is 0 Å². The van der Waals surface area contributed by atoms with Crippen LogP contribution >= 0.6 is 15.9 Å². The van der Waals surface area contributed by atoms with Crippen molar-refractivity contribution in [3.05, 3.63) is 45.9 Å². The van der Waals surface area contributed by atoms with Crippen molar-refractivity contribution >= 4 is 15.9 Å². The van der Waals surface area contributed by atoms with Gasteiger partial charge in [0.15, 0.2) is 0 Å². The summed E-state index contributed by atoms with van der Waals surface area (Å²) in [6.45, 7) is 1.03. The van der Waals surface area contributed by atoms with Crippen molar-refractivity contribution < 1.29 is 4.39 Å². The van der Waals surface area contributed by atoms with E-state index in [1.54, 1.807) is 23.0 Å². The van der Waals surface area contributed by atoms with Gasteiger partial charge in [0.05, 0.1) is 18.4 Å². The topological polar surface area (TPSA) is 42.7 Å². The van der Waals surface area contributed by atoms with Crippen LogP contribution in [0.25, 0.3) is 0 Å². The van der Waals surface area contributed by atoms with Crippen LogP contribution < -0.4 is 5.32 Å². The first-order valence-electron chi connectivity index (χ1n) is 5.16. The molecule has 0 atom stereocenters. The average molecular weight is 299 g/mol. The quantitative estimate of drug-likeness (QED) is 0.938. The molecule has 0 saturated carbocycles. The molecule has 2 rings (SSSR count). The number of nitrogens with one attached hydrogen (secondary N) is 1. The van der Waals surface area contributed by atoms with Crippen LogP contribution in [0.3, 0.4) is 0 Å². The summed E-state index contributed by atoms with van der Waals surface area (Å²) in [5, 5.41) is 10.9. The van der Waals surface area contributed by atoms with Crippen molar-refractivity contribution in [2.24, 2.45) is 0 Å². The lowest BCUT2D eigenvalue weighted by atomic mass is 10.2. The van der Waals surface area contributed by atoms with Gasteiger partial charge in [0.25, 0.3) is 0 Å². The molecule has 1 aromatic carbocycles. The first kappa shape index (κ1) is 12.2. The summed E-state index contributed by atoms with van der Waals surface area (Å²) in [5.41, 5.74) is 1.42. The third-order valence-electron chi connectivity index (χ3n) is 2.28. The van der Waals surface area contributed by atoms with E-state index in [9.17, 15) is 4.39 Å². The summed E-state index contributed by atoms with van der Waals surface area (Å²) >= 11 is 3.32. The highest BCUT2D eigenvalue weighted by Crippen LogP contribution is 2.16. The minimum absolute atomic E-state index is 0.237. The summed E-state index contributed by atoms with van der Waals surface area (Å²) in [4.78, 5) is 0. The van der Waals surface area contributed by atoms with Crippen molar-refractivity contribution in [1.29, 1.82) is 0 Å². The summed E-state index contributed by atoms with van der Waals surface area (Å²) in [7, 11) is 1.84. The van der Waals surface area contributed by atoms with Crippen LogP contribution in [-0.4, -0.2) is 22.0 Å². The molecular weight excluding hydrogens is 287 g/mol. The fourth-order valence-corrected chi connectivity index (χ4v) is 1.93. The van der Waals surface area contributed by atoms with Gasteiger partial charge in [0.1, 0.15) is 5.82 Å². The molecule has 2 aromatic rings. The summed E-state index contributed by atoms with van der Waals surface area (Å²) in [5.74, 6) is -0.237. The number of hydrogen-bond donors (Lipinski definition) is 1. The molecule has 0 aliphatic carbocycles. The normalized spacial score (nSPS) is 10.8. The molecule has 0 aliphatic heterocycles. The minimum Gasteiger partial charge on any atom is -0.314 e. The Morgan fingerprint density at radius 3 is 3.06 bits per heavy atom. The third kappa shape index (κ3) is 3.10. The zero-order chi connectivity index (χ0) is 12.3. The van der Waals surface area contributed by atoms with E-state index in [1.165, 1.54) is 6.07 Å². The second-order valence-corrected chi connectivity index (χ2v) is 4.59. The summed E-state index contributed by atoms with van der Waals surface area (Å²) in [6, 6.07) is 4.85. The van der Waals surface area contributed by atoms with Gasteiger partial charge < -0.3 is 5.32 Å². The molecule has 0 amide bonds. The fourth-order valence-electron chi connectivity index (χ4n) is 1.52. The van der Waals surface area contributed by atoms with Crippen LogP contribution in [-0.2, 0) is 13.1 Å². The second kappa shape index (κ2) is 5.37. The van der Waals surface area contributed by atoms with Crippen molar-refractivity contribution in [2.45, 2.75) is 13.1 Å². The van der Waals surface area contributed by atoms with Gasteiger partial charge in [-0.1, -0.05) is 21.1 Å². The SMILES string of the molecule is CNCc1cn(Cc2cc(Br)ccc2F)nn1. The van der Waals surface area contributed by atoms with Gasteiger partial charge in [-0.2, -0.15) is 0 Å². The maximum atomic E-state index is 13.5. The number of hydrogen-bond acceptors (Lipinski definition) is 3. The van der Waals surface area contributed by atoms with Gasteiger partial charge in [-0.3, -0.25) is 0 Å². The highest BCUT2D eigenvalue weighted by atomic mass is 79.9. The largest absolute Gasteiger partial charge is 0.314 e. The lowest BCUT2D eigenvalue weighted by molar-refractivity contribution is 0.576. The zero-order valence-corrected chi connectivity index (χ0v) is 10.9.